The predicted molar refractivity (Wildman–Crippen MR) is 54.8 cm³/mol. The summed E-state index contributed by atoms with van der Waals surface area (Å²) in [6.07, 6.45) is 0.947. The largest absolute Gasteiger partial charge is 0.393 e. The summed E-state index contributed by atoms with van der Waals surface area (Å²) < 4.78 is 0. The van der Waals surface area contributed by atoms with Crippen molar-refractivity contribution in [2.75, 3.05) is 6.54 Å². The fourth-order valence-electron chi connectivity index (χ4n) is 1.19. The molecule has 0 fully saturated rings. The maximum Gasteiger partial charge on any atom is 0.0592 e. The van der Waals surface area contributed by atoms with Crippen molar-refractivity contribution in [1.29, 1.82) is 0 Å². The van der Waals surface area contributed by atoms with E-state index >= 15 is 0 Å². The number of hydrogen-bond donors (Lipinski definition) is 2. The zero-order valence-electron chi connectivity index (χ0n) is 7.41. The van der Waals surface area contributed by atoms with Gasteiger partial charge in [0.1, 0.15) is 0 Å². The van der Waals surface area contributed by atoms with E-state index in [0.29, 0.717) is 19.4 Å². The minimum Gasteiger partial charge on any atom is -0.393 e. The van der Waals surface area contributed by atoms with Crippen LogP contribution in [0, 0.1) is 0 Å². The molecule has 0 saturated heterocycles. The maximum atomic E-state index is 9.46. The van der Waals surface area contributed by atoms with Crippen LogP contribution in [0.3, 0.4) is 0 Å². The highest BCUT2D eigenvalue weighted by atomic mass is 35.5. The summed E-state index contributed by atoms with van der Waals surface area (Å²) in [7, 11) is 0. The van der Waals surface area contributed by atoms with Crippen LogP contribution in [0.15, 0.2) is 24.3 Å². The molecule has 0 spiro atoms. The molecule has 3 N–H and O–H groups in total. The van der Waals surface area contributed by atoms with Gasteiger partial charge in [-0.3, -0.25) is 0 Å². The van der Waals surface area contributed by atoms with Crippen molar-refractivity contribution < 1.29 is 5.11 Å². The molecule has 0 aliphatic carbocycles. The second-order valence-electron chi connectivity index (χ2n) is 3.06. The Morgan fingerprint density at radius 3 is 2.46 bits per heavy atom. The van der Waals surface area contributed by atoms with E-state index in [1.54, 1.807) is 0 Å². The topological polar surface area (TPSA) is 46.2 Å². The van der Waals surface area contributed by atoms with Crippen LogP contribution in [-0.4, -0.2) is 17.8 Å². The minimum atomic E-state index is -0.342. The van der Waals surface area contributed by atoms with Crippen molar-refractivity contribution in [2.24, 2.45) is 5.73 Å². The summed E-state index contributed by atoms with van der Waals surface area (Å²) >= 11 is 5.73. The molecule has 0 radical (unpaired) electrons. The molecule has 13 heavy (non-hydrogen) atoms. The molecular formula is C10H14ClNO. The highest BCUT2D eigenvalue weighted by molar-refractivity contribution is 6.30. The Morgan fingerprint density at radius 2 is 1.92 bits per heavy atom. The monoisotopic (exact) mass is 199 g/mol. The summed E-state index contributed by atoms with van der Waals surface area (Å²) in [4.78, 5) is 0. The quantitative estimate of drug-likeness (QED) is 0.774. The number of hydrogen-bond acceptors (Lipinski definition) is 2. The first kappa shape index (κ1) is 10.5. The van der Waals surface area contributed by atoms with Crippen molar-refractivity contribution in [1.82, 2.24) is 0 Å². The van der Waals surface area contributed by atoms with E-state index in [4.69, 9.17) is 17.3 Å². The number of benzene rings is 1. The van der Waals surface area contributed by atoms with Gasteiger partial charge in [-0.15, -0.1) is 0 Å². The van der Waals surface area contributed by atoms with E-state index in [1.165, 1.54) is 0 Å². The van der Waals surface area contributed by atoms with Gasteiger partial charge in [-0.05, 0) is 37.1 Å². The van der Waals surface area contributed by atoms with Crippen molar-refractivity contribution in [3.63, 3.8) is 0 Å². The molecule has 2 nitrogen and oxygen atoms in total. The molecule has 0 aromatic heterocycles. The summed E-state index contributed by atoms with van der Waals surface area (Å²) in [5.74, 6) is 0. The van der Waals surface area contributed by atoms with Gasteiger partial charge in [0, 0.05) is 5.02 Å². The fourth-order valence-corrected chi connectivity index (χ4v) is 1.31. The third kappa shape index (κ3) is 3.77. The fraction of sp³-hybridized carbons (Fsp3) is 0.400. The first-order valence-electron chi connectivity index (χ1n) is 4.35. The zero-order chi connectivity index (χ0) is 9.68. The van der Waals surface area contributed by atoms with Gasteiger partial charge in [0.2, 0.25) is 0 Å². The number of rotatable bonds is 4. The lowest BCUT2D eigenvalue weighted by Crippen LogP contribution is -2.15. The third-order valence-electron chi connectivity index (χ3n) is 1.88. The van der Waals surface area contributed by atoms with Crippen LogP contribution < -0.4 is 5.73 Å². The summed E-state index contributed by atoms with van der Waals surface area (Å²) in [5.41, 5.74) is 6.41. The summed E-state index contributed by atoms with van der Waals surface area (Å²) in [6.45, 7) is 0.523. The van der Waals surface area contributed by atoms with E-state index in [0.717, 1.165) is 10.6 Å². The molecule has 1 aromatic carbocycles. The normalized spacial score (nSPS) is 12.8. The molecule has 1 atom stereocenters. The van der Waals surface area contributed by atoms with Gasteiger partial charge in [0.25, 0.3) is 0 Å². The summed E-state index contributed by atoms with van der Waals surface area (Å²) in [5, 5.41) is 10.2. The predicted octanol–water partition coefficient (Wildman–Crippen LogP) is 1.59. The van der Waals surface area contributed by atoms with Gasteiger partial charge in [-0.25, -0.2) is 0 Å². The van der Waals surface area contributed by atoms with E-state index in [9.17, 15) is 5.11 Å². The Hall–Kier alpha value is -0.570. The molecule has 0 amide bonds. The van der Waals surface area contributed by atoms with Crippen molar-refractivity contribution >= 4 is 11.6 Å². The highest BCUT2D eigenvalue weighted by Gasteiger charge is 2.03. The molecule has 1 rings (SSSR count). The molecule has 0 bridgehead atoms. The lowest BCUT2D eigenvalue weighted by molar-refractivity contribution is 0.167. The van der Waals surface area contributed by atoms with Crippen LogP contribution >= 0.6 is 11.6 Å². The number of nitrogens with two attached hydrogens (primary N) is 1. The minimum absolute atomic E-state index is 0.342. The smallest absolute Gasteiger partial charge is 0.0592 e. The molecule has 72 valence electrons. The first-order valence-corrected chi connectivity index (χ1v) is 4.72. The van der Waals surface area contributed by atoms with Gasteiger partial charge < -0.3 is 10.8 Å². The molecule has 3 heteroatoms. The van der Waals surface area contributed by atoms with E-state index in [1.807, 2.05) is 24.3 Å². The lowest BCUT2D eigenvalue weighted by Gasteiger charge is -2.08. The maximum absolute atomic E-state index is 9.46. The molecule has 0 aliphatic heterocycles. The van der Waals surface area contributed by atoms with Crippen LogP contribution in [0.25, 0.3) is 0 Å². The summed E-state index contributed by atoms with van der Waals surface area (Å²) in [6, 6.07) is 7.49. The van der Waals surface area contributed by atoms with Crippen LogP contribution in [0.4, 0.5) is 0 Å². The van der Waals surface area contributed by atoms with E-state index in [2.05, 4.69) is 0 Å². The van der Waals surface area contributed by atoms with Gasteiger partial charge in [-0.1, -0.05) is 23.7 Å². The Labute approximate surface area is 83.3 Å². The number of aliphatic hydroxyl groups is 1. The molecule has 0 saturated carbocycles. The highest BCUT2D eigenvalue weighted by Crippen LogP contribution is 2.11. The zero-order valence-corrected chi connectivity index (χ0v) is 8.17. The Morgan fingerprint density at radius 1 is 1.31 bits per heavy atom. The van der Waals surface area contributed by atoms with E-state index < -0.39 is 0 Å². The Bertz CT molecular complexity index is 248. The standard InChI is InChI=1S/C10H14ClNO/c11-9-3-1-8(2-4-9)7-10(13)5-6-12/h1-4,10,13H,5-7,12H2. The second-order valence-corrected chi connectivity index (χ2v) is 3.50. The van der Waals surface area contributed by atoms with Crippen LogP contribution in [0.1, 0.15) is 12.0 Å². The van der Waals surface area contributed by atoms with E-state index in [-0.39, 0.29) is 6.10 Å². The van der Waals surface area contributed by atoms with Gasteiger partial charge in [-0.2, -0.15) is 0 Å². The first-order chi connectivity index (χ1) is 6.22. The third-order valence-corrected chi connectivity index (χ3v) is 2.14. The van der Waals surface area contributed by atoms with Gasteiger partial charge in [0.05, 0.1) is 6.10 Å². The SMILES string of the molecule is NCCC(O)Cc1ccc(Cl)cc1. The lowest BCUT2D eigenvalue weighted by atomic mass is 10.1. The van der Waals surface area contributed by atoms with Crippen molar-refractivity contribution in [2.45, 2.75) is 18.9 Å². The van der Waals surface area contributed by atoms with Crippen LogP contribution in [-0.2, 0) is 6.42 Å². The second kappa shape index (κ2) is 5.22. The van der Waals surface area contributed by atoms with Crippen molar-refractivity contribution in [3.05, 3.63) is 34.9 Å². The van der Waals surface area contributed by atoms with Gasteiger partial charge in [0.15, 0.2) is 0 Å². The molecular weight excluding hydrogens is 186 g/mol. The van der Waals surface area contributed by atoms with Crippen molar-refractivity contribution in [3.8, 4) is 0 Å². The number of aliphatic hydroxyl groups excluding tert-OH is 1. The molecule has 0 heterocycles. The molecule has 1 unspecified atom stereocenters. The number of halogens is 1. The Kier molecular flexibility index (Phi) is 4.22. The molecule has 1 aromatic rings. The Balaban J connectivity index is 2.49. The van der Waals surface area contributed by atoms with Crippen LogP contribution in [0.2, 0.25) is 5.02 Å². The van der Waals surface area contributed by atoms with Crippen LogP contribution in [0.5, 0.6) is 0 Å². The average Bonchev–Trinajstić information content (AvgIpc) is 2.09. The van der Waals surface area contributed by atoms with Gasteiger partial charge >= 0.3 is 0 Å². The molecule has 0 aliphatic rings. The average molecular weight is 200 g/mol.